The van der Waals surface area contributed by atoms with Crippen molar-refractivity contribution in [3.63, 3.8) is 0 Å². The molecular formula is C10H24MgO. The van der Waals surface area contributed by atoms with Crippen molar-refractivity contribution in [1.29, 1.82) is 0 Å². The standard InChI is InChI=1S/C10H22O.Mg.2H/c1-3-5-7-10(4-2)8-6-9-11;;;/h10-11H,3-9H2,1-2H3;;;. The molecule has 2 heteroatoms. The highest BCUT2D eigenvalue weighted by Gasteiger charge is 2.03. The Labute approximate surface area is 93.1 Å². The first-order chi connectivity index (χ1) is 5.35. The molecule has 0 heterocycles. The quantitative estimate of drug-likeness (QED) is 0.601. The van der Waals surface area contributed by atoms with Gasteiger partial charge in [0.25, 0.3) is 0 Å². The molecule has 0 spiro atoms. The van der Waals surface area contributed by atoms with Gasteiger partial charge in [-0.2, -0.15) is 0 Å². The number of aliphatic hydroxyl groups is 1. The molecule has 0 aliphatic rings. The number of hydrogen-bond acceptors (Lipinski definition) is 1. The van der Waals surface area contributed by atoms with Crippen LogP contribution in [0.25, 0.3) is 0 Å². The van der Waals surface area contributed by atoms with Gasteiger partial charge in [0.2, 0.25) is 0 Å². The smallest absolute Gasteiger partial charge is 0.316 e. The number of aliphatic hydroxyl groups excluding tert-OH is 1. The molecule has 1 nitrogen and oxygen atoms in total. The van der Waals surface area contributed by atoms with E-state index in [0.717, 1.165) is 12.3 Å². The molecule has 0 aromatic rings. The van der Waals surface area contributed by atoms with Gasteiger partial charge >= 0.3 is 23.1 Å². The maximum atomic E-state index is 8.64. The minimum atomic E-state index is 0. The van der Waals surface area contributed by atoms with Crippen LogP contribution in [0.3, 0.4) is 0 Å². The molecule has 1 N–H and O–H groups in total. The highest BCUT2D eigenvalue weighted by atomic mass is 24.3. The van der Waals surface area contributed by atoms with Gasteiger partial charge in [0.1, 0.15) is 0 Å². The fourth-order valence-electron chi connectivity index (χ4n) is 1.43. The molecule has 12 heavy (non-hydrogen) atoms. The Morgan fingerprint density at radius 2 is 1.67 bits per heavy atom. The Morgan fingerprint density at radius 3 is 2.08 bits per heavy atom. The van der Waals surface area contributed by atoms with Crippen LogP contribution in [-0.2, 0) is 0 Å². The van der Waals surface area contributed by atoms with Gasteiger partial charge in [-0.1, -0.05) is 39.5 Å². The molecule has 0 aliphatic heterocycles. The van der Waals surface area contributed by atoms with E-state index < -0.39 is 0 Å². The van der Waals surface area contributed by atoms with Crippen LogP contribution >= 0.6 is 0 Å². The first-order valence-electron chi connectivity index (χ1n) is 4.96. The van der Waals surface area contributed by atoms with E-state index in [1.165, 1.54) is 32.1 Å². The van der Waals surface area contributed by atoms with Crippen LogP contribution in [0, 0.1) is 5.92 Å². The highest BCUT2D eigenvalue weighted by molar-refractivity contribution is 5.75. The Hall–Kier alpha value is 0.726. The van der Waals surface area contributed by atoms with Crippen LogP contribution in [0.5, 0.6) is 0 Å². The van der Waals surface area contributed by atoms with E-state index >= 15 is 0 Å². The van der Waals surface area contributed by atoms with E-state index in [2.05, 4.69) is 13.8 Å². The summed E-state index contributed by atoms with van der Waals surface area (Å²) in [6.07, 6.45) is 7.49. The summed E-state index contributed by atoms with van der Waals surface area (Å²) in [5.41, 5.74) is 0. The van der Waals surface area contributed by atoms with Gasteiger partial charge in [0, 0.05) is 6.61 Å². The molecule has 1 unspecified atom stereocenters. The predicted octanol–water partition coefficient (Wildman–Crippen LogP) is 2.06. The fraction of sp³-hybridized carbons (Fsp3) is 1.00. The fourth-order valence-corrected chi connectivity index (χ4v) is 1.43. The Kier molecular flexibility index (Phi) is 14.9. The van der Waals surface area contributed by atoms with E-state index in [0.29, 0.717) is 6.61 Å². The van der Waals surface area contributed by atoms with Crippen molar-refractivity contribution in [2.24, 2.45) is 5.92 Å². The molecule has 0 saturated heterocycles. The number of rotatable bonds is 7. The summed E-state index contributed by atoms with van der Waals surface area (Å²) >= 11 is 0. The lowest BCUT2D eigenvalue weighted by Crippen LogP contribution is -1.99. The molecule has 0 fully saturated rings. The monoisotopic (exact) mass is 184 g/mol. The van der Waals surface area contributed by atoms with E-state index in [4.69, 9.17) is 5.11 Å². The van der Waals surface area contributed by atoms with Gasteiger partial charge in [0.15, 0.2) is 0 Å². The third-order valence-electron chi connectivity index (χ3n) is 2.31. The van der Waals surface area contributed by atoms with Crippen molar-refractivity contribution in [1.82, 2.24) is 0 Å². The average molecular weight is 185 g/mol. The van der Waals surface area contributed by atoms with Crippen molar-refractivity contribution in [2.45, 2.75) is 52.4 Å². The second-order valence-corrected chi connectivity index (χ2v) is 3.28. The lowest BCUT2D eigenvalue weighted by Gasteiger charge is -2.12. The molecule has 0 amide bonds. The zero-order valence-corrected chi connectivity index (χ0v) is 7.97. The molecule has 1 atom stereocenters. The molecule has 0 saturated carbocycles. The van der Waals surface area contributed by atoms with Gasteiger partial charge in [-0.25, -0.2) is 0 Å². The molecule has 72 valence electrons. The minimum Gasteiger partial charge on any atom is -0.396 e. The van der Waals surface area contributed by atoms with Gasteiger partial charge < -0.3 is 5.11 Å². The van der Waals surface area contributed by atoms with Gasteiger partial charge in [-0.15, -0.1) is 0 Å². The summed E-state index contributed by atoms with van der Waals surface area (Å²) in [5, 5.41) is 8.64. The summed E-state index contributed by atoms with van der Waals surface area (Å²) in [5.74, 6) is 0.863. The molecule has 0 bridgehead atoms. The molecule has 0 radical (unpaired) electrons. The molecule has 0 aliphatic carbocycles. The summed E-state index contributed by atoms with van der Waals surface area (Å²) in [6.45, 7) is 4.85. The second kappa shape index (κ2) is 11.7. The van der Waals surface area contributed by atoms with Crippen molar-refractivity contribution in [3.8, 4) is 0 Å². The van der Waals surface area contributed by atoms with Crippen LogP contribution in [0.4, 0.5) is 0 Å². The van der Waals surface area contributed by atoms with Crippen molar-refractivity contribution in [3.05, 3.63) is 0 Å². The van der Waals surface area contributed by atoms with Gasteiger partial charge in [-0.05, 0) is 18.8 Å². The van der Waals surface area contributed by atoms with E-state index in [9.17, 15) is 0 Å². The van der Waals surface area contributed by atoms with E-state index in [1.807, 2.05) is 0 Å². The third-order valence-corrected chi connectivity index (χ3v) is 2.31. The highest BCUT2D eigenvalue weighted by Crippen LogP contribution is 2.17. The van der Waals surface area contributed by atoms with E-state index in [1.54, 1.807) is 0 Å². The van der Waals surface area contributed by atoms with Gasteiger partial charge in [-0.3, -0.25) is 0 Å². The normalized spacial score (nSPS) is 12.2. The molecule has 0 aromatic carbocycles. The Balaban J connectivity index is 0. The van der Waals surface area contributed by atoms with Crippen LogP contribution in [0.15, 0.2) is 0 Å². The lowest BCUT2D eigenvalue weighted by molar-refractivity contribution is 0.265. The van der Waals surface area contributed by atoms with Crippen LogP contribution < -0.4 is 0 Å². The lowest BCUT2D eigenvalue weighted by atomic mass is 9.95. The zero-order valence-electron chi connectivity index (χ0n) is 7.97. The topological polar surface area (TPSA) is 20.2 Å². The van der Waals surface area contributed by atoms with Crippen LogP contribution in [0.1, 0.15) is 52.4 Å². The minimum absolute atomic E-state index is 0. The summed E-state index contributed by atoms with van der Waals surface area (Å²) in [4.78, 5) is 0. The van der Waals surface area contributed by atoms with E-state index in [-0.39, 0.29) is 23.1 Å². The third kappa shape index (κ3) is 8.82. The number of unbranched alkanes of at least 4 members (excludes halogenated alkanes) is 1. The Morgan fingerprint density at radius 1 is 1.08 bits per heavy atom. The maximum absolute atomic E-state index is 8.64. The zero-order chi connectivity index (χ0) is 8.53. The Bertz CT molecular complexity index is 68.2. The van der Waals surface area contributed by atoms with Crippen LogP contribution in [0.2, 0.25) is 0 Å². The summed E-state index contributed by atoms with van der Waals surface area (Å²) < 4.78 is 0. The summed E-state index contributed by atoms with van der Waals surface area (Å²) in [6, 6.07) is 0. The largest absolute Gasteiger partial charge is 0.396 e. The number of hydrogen-bond donors (Lipinski definition) is 1. The van der Waals surface area contributed by atoms with Crippen LogP contribution in [-0.4, -0.2) is 34.8 Å². The molecule has 0 rings (SSSR count). The SMILES string of the molecule is CCCCC(CC)CCCO.[MgH2]. The first kappa shape index (κ1) is 15.2. The van der Waals surface area contributed by atoms with Crippen molar-refractivity contribution < 1.29 is 5.11 Å². The first-order valence-corrected chi connectivity index (χ1v) is 4.96. The maximum Gasteiger partial charge on any atom is 0.316 e. The molecule has 0 aromatic heterocycles. The van der Waals surface area contributed by atoms with Crippen molar-refractivity contribution in [2.75, 3.05) is 6.61 Å². The van der Waals surface area contributed by atoms with Crippen molar-refractivity contribution >= 4 is 23.1 Å². The summed E-state index contributed by atoms with van der Waals surface area (Å²) in [7, 11) is 0. The van der Waals surface area contributed by atoms with Gasteiger partial charge in [0.05, 0.1) is 0 Å². The molecular weight excluding hydrogens is 160 g/mol. The average Bonchev–Trinajstić information content (AvgIpc) is 2.05. The second-order valence-electron chi connectivity index (χ2n) is 3.28. The predicted molar refractivity (Wildman–Crippen MR) is 58.2 cm³/mol.